The zero-order valence-corrected chi connectivity index (χ0v) is 13.7. The molecule has 0 bridgehead atoms. The molecule has 0 unspecified atom stereocenters. The normalized spacial score (nSPS) is 10.7. The molecular formula is C16H10F3N5O4. The Labute approximate surface area is 154 Å². The molecule has 9 nitrogen and oxygen atoms in total. The lowest BCUT2D eigenvalue weighted by atomic mass is 10.1. The number of aromatic carboxylic acids is 1. The second-order valence-corrected chi connectivity index (χ2v) is 5.21. The molecule has 12 heteroatoms. The molecule has 3 rings (SSSR count). The maximum atomic E-state index is 13.9. The van der Waals surface area contributed by atoms with Crippen LogP contribution in [0.2, 0.25) is 0 Å². The van der Waals surface area contributed by atoms with E-state index in [1.807, 2.05) is 0 Å². The summed E-state index contributed by atoms with van der Waals surface area (Å²) < 4.78 is 43.9. The maximum absolute atomic E-state index is 13.9. The van der Waals surface area contributed by atoms with Crippen molar-refractivity contribution in [3.05, 3.63) is 60.1 Å². The van der Waals surface area contributed by atoms with Gasteiger partial charge in [-0.3, -0.25) is 9.36 Å². The van der Waals surface area contributed by atoms with E-state index in [4.69, 9.17) is 0 Å². The van der Waals surface area contributed by atoms with E-state index in [2.05, 4.69) is 25.2 Å². The Morgan fingerprint density at radius 3 is 2.57 bits per heavy atom. The zero-order valence-electron chi connectivity index (χ0n) is 13.7. The first-order valence-electron chi connectivity index (χ1n) is 7.50. The monoisotopic (exact) mass is 393 g/mol. The molecule has 3 aromatic rings. The zero-order chi connectivity index (χ0) is 20.3. The summed E-state index contributed by atoms with van der Waals surface area (Å²) in [5.74, 6) is -4.33. The Balaban J connectivity index is 1.85. The number of hydrogen-bond donors (Lipinski definition) is 2. The van der Waals surface area contributed by atoms with Gasteiger partial charge in [0.1, 0.15) is 6.33 Å². The third kappa shape index (κ3) is 4.06. The Bertz CT molecular complexity index is 1010. The highest BCUT2D eigenvalue weighted by Gasteiger charge is 2.20. The van der Waals surface area contributed by atoms with Crippen LogP contribution in [0.5, 0.6) is 5.75 Å². The van der Waals surface area contributed by atoms with Gasteiger partial charge in [-0.15, -0.1) is 10.2 Å². The number of carbonyl (C=O) groups is 2. The summed E-state index contributed by atoms with van der Waals surface area (Å²) in [4.78, 5) is 27.4. The fraction of sp³-hybridized carbons (Fsp3) is 0.0625. The molecule has 0 aliphatic carbocycles. The highest BCUT2D eigenvalue weighted by molar-refractivity contribution is 6.06. The fourth-order valence-electron chi connectivity index (χ4n) is 2.19. The molecule has 0 saturated carbocycles. The number of anilines is 1. The van der Waals surface area contributed by atoms with Gasteiger partial charge in [-0.2, -0.15) is 8.78 Å². The summed E-state index contributed by atoms with van der Waals surface area (Å²) in [7, 11) is 0. The highest BCUT2D eigenvalue weighted by atomic mass is 19.3. The number of halogens is 3. The van der Waals surface area contributed by atoms with Crippen molar-refractivity contribution in [3.63, 3.8) is 0 Å². The lowest BCUT2D eigenvalue weighted by Gasteiger charge is -2.12. The van der Waals surface area contributed by atoms with Crippen molar-refractivity contribution in [1.29, 1.82) is 0 Å². The van der Waals surface area contributed by atoms with Gasteiger partial charge in [-0.1, -0.05) is 0 Å². The number of carboxylic acid groups (broad SMARTS) is 1. The molecule has 0 aliphatic heterocycles. The number of imidazole rings is 1. The van der Waals surface area contributed by atoms with Crippen LogP contribution in [0.3, 0.4) is 0 Å². The number of carbonyl (C=O) groups excluding carboxylic acids is 1. The van der Waals surface area contributed by atoms with E-state index in [0.717, 1.165) is 0 Å². The van der Waals surface area contributed by atoms with Gasteiger partial charge >= 0.3 is 12.6 Å². The number of benzene rings is 1. The minimum Gasteiger partial charge on any atom is -0.478 e. The Morgan fingerprint density at radius 2 is 2.00 bits per heavy atom. The van der Waals surface area contributed by atoms with Crippen LogP contribution in [0, 0.1) is 5.82 Å². The topological polar surface area (TPSA) is 119 Å². The van der Waals surface area contributed by atoms with E-state index < -0.39 is 41.3 Å². The average Bonchev–Trinajstić information content (AvgIpc) is 3.18. The fourth-order valence-corrected chi connectivity index (χ4v) is 2.19. The van der Waals surface area contributed by atoms with Crippen molar-refractivity contribution in [3.8, 4) is 11.6 Å². The molecule has 144 valence electrons. The van der Waals surface area contributed by atoms with E-state index in [-0.39, 0.29) is 5.69 Å². The lowest BCUT2D eigenvalue weighted by molar-refractivity contribution is -0.0522. The number of aromatic nitrogens is 4. The Kier molecular flexibility index (Phi) is 5.20. The molecule has 28 heavy (non-hydrogen) atoms. The number of rotatable bonds is 6. The largest absolute Gasteiger partial charge is 0.478 e. The molecule has 0 atom stereocenters. The van der Waals surface area contributed by atoms with Crippen LogP contribution in [0.1, 0.15) is 20.8 Å². The van der Waals surface area contributed by atoms with Crippen LogP contribution in [0.4, 0.5) is 18.9 Å². The van der Waals surface area contributed by atoms with E-state index in [1.165, 1.54) is 29.2 Å². The van der Waals surface area contributed by atoms with Crippen LogP contribution in [0.25, 0.3) is 5.82 Å². The lowest BCUT2D eigenvalue weighted by Crippen LogP contribution is -2.18. The van der Waals surface area contributed by atoms with Gasteiger partial charge in [-0.05, 0) is 12.1 Å². The minimum absolute atomic E-state index is 0.187. The van der Waals surface area contributed by atoms with Crippen LogP contribution in [0.15, 0.2) is 43.0 Å². The van der Waals surface area contributed by atoms with Gasteiger partial charge in [0.2, 0.25) is 0 Å². The highest BCUT2D eigenvalue weighted by Crippen LogP contribution is 2.28. The number of ether oxygens (including phenoxy) is 1. The van der Waals surface area contributed by atoms with E-state index in [1.54, 1.807) is 6.20 Å². The number of carboxylic acids is 1. The van der Waals surface area contributed by atoms with Crippen LogP contribution >= 0.6 is 0 Å². The third-order valence-electron chi connectivity index (χ3n) is 3.42. The smallest absolute Gasteiger partial charge is 0.387 e. The van der Waals surface area contributed by atoms with Crippen molar-refractivity contribution in [2.45, 2.75) is 6.61 Å². The molecule has 1 amide bonds. The number of nitrogens with one attached hydrogen (secondary N) is 1. The number of hydrogen-bond acceptors (Lipinski definition) is 6. The molecule has 0 spiro atoms. The standard InChI is InChI=1S/C16H10F3N5O4/c17-9-6-11(8(15(26)27)5-12(9)28-16(18)19)21-14(25)10-1-2-13(23-22-10)24-4-3-20-7-24/h1-7,16H,(H,21,25)(H,26,27). The quantitative estimate of drug-likeness (QED) is 0.660. The Hall–Kier alpha value is -3.96. The van der Waals surface area contributed by atoms with Gasteiger partial charge in [0, 0.05) is 24.5 Å². The molecule has 2 heterocycles. The SMILES string of the molecule is O=C(Nc1cc(F)c(OC(F)F)cc1C(=O)O)c1ccc(-n2ccnc2)nn1. The molecule has 0 fully saturated rings. The second-order valence-electron chi connectivity index (χ2n) is 5.21. The van der Waals surface area contributed by atoms with Crippen molar-refractivity contribution in [2.75, 3.05) is 5.32 Å². The minimum atomic E-state index is -3.35. The van der Waals surface area contributed by atoms with Crippen LogP contribution < -0.4 is 10.1 Å². The van der Waals surface area contributed by atoms with Crippen molar-refractivity contribution in [2.24, 2.45) is 0 Å². The van der Waals surface area contributed by atoms with Gasteiger partial charge < -0.3 is 15.2 Å². The maximum Gasteiger partial charge on any atom is 0.387 e. The first kappa shape index (κ1) is 18.8. The third-order valence-corrected chi connectivity index (χ3v) is 3.42. The summed E-state index contributed by atoms with van der Waals surface area (Å²) >= 11 is 0. The van der Waals surface area contributed by atoms with Crippen molar-refractivity contribution in [1.82, 2.24) is 19.7 Å². The first-order chi connectivity index (χ1) is 13.3. The van der Waals surface area contributed by atoms with Crippen molar-refractivity contribution < 1.29 is 32.6 Å². The summed E-state index contributed by atoms with van der Waals surface area (Å²) in [6.07, 6.45) is 4.59. The summed E-state index contributed by atoms with van der Waals surface area (Å²) in [6.45, 7) is -3.35. The molecule has 0 aliphatic rings. The van der Waals surface area contributed by atoms with E-state index in [9.17, 15) is 27.9 Å². The summed E-state index contributed by atoms with van der Waals surface area (Å²) in [5.41, 5.74) is -1.29. The molecule has 2 aromatic heterocycles. The summed E-state index contributed by atoms with van der Waals surface area (Å²) in [5, 5.41) is 18.9. The molecule has 0 radical (unpaired) electrons. The number of alkyl halides is 2. The molecule has 2 N–H and O–H groups in total. The van der Waals surface area contributed by atoms with Crippen LogP contribution in [-0.2, 0) is 0 Å². The van der Waals surface area contributed by atoms with Gasteiger partial charge in [0.05, 0.1) is 11.3 Å². The predicted molar refractivity (Wildman–Crippen MR) is 87.1 cm³/mol. The molecule has 0 saturated heterocycles. The van der Waals surface area contributed by atoms with E-state index in [0.29, 0.717) is 18.0 Å². The average molecular weight is 393 g/mol. The summed E-state index contributed by atoms with van der Waals surface area (Å²) in [6, 6.07) is 3.88. The van der Waals surface area contributed by atoms with Gasteiger partial charge in [-0.25, -0.2) is 14.2 Å². The van der Waals surface area contributed by atoms with Crippen molar-refractivity contribution >= 4 is 17.6 Å². The number of amides is 1. The molecular weight excluding hydrogens is 383 g/mol. The Morgan fingerprint density at radius 1 is 1.21 bits per heavy atom. The molecule has 1 aromatic carbocycles. The second kappa shape index (κ2) is 7.73. The van der Waals surface area contributed by atoms with E-state index >= 15 is 0 Å². The van der Waals surface area contributed by atoms with Gasteiger partial charge in [0.15, 0.2) is 23.1 Å². The first-order valence-corrected chi connectivity index (χ1v) is 7.50. The van der Waals surface area contributed by atoms with Gasteiger partial charge in [0.25, 0.3) is 5.91 Å². The number of nitrogens with zero attached hydrogens (tertiary/aromatic N) is 4. The van der Waals surface area contributed by atoms with Crippen LogP contribution in [-0.4, -0.2) is 43.3 Å². The predicted octanol–water partition coefficient (Wildman–Crippen LogP) is 2.35.